The van der Waals surface area contributed by atoms with E-state index in [2.05, 4.69) is 5.32 Å². The molecule has 1 aromatic carbocycles. The Labute approximate surface area is 110 Å². The van der Waals surface area contributed by atoms with Gasteiger partial charge < -0.3 is 16.2 Å². The number of carbonyl (C=O) groups excluding carboxylic acids is 2. The molecule has 0 saturated heterocycles. The van der Waals surface area contributed by atoms with Gasteiger partial charge >= 0.3 is 5.97 Å². The van der Waals surface area contributed by atoms with Crippen molar-refractivity contribution < 1.29 is 19.5 Å². The molecule has 2 amide bonds. The summed E-state index contributed by atoms with van der Waals surface area (Å²) in [7, 11) is 0. The normalized spacial score (nSPS) is 11.7. The molecule has 0 aliphatic rings. The van der Waals surface area contributed by atoms with Crippen LogP contribution in [0.5, 0.6) is 0 Å². The lowest BCUT2D eigenvalue weighted by Gasteiger charge is -2.14. The summed E-state index contributed by atoms with van der Waals surface area (Å²) < 4.78 is 0. The minimum atomic E-state index is -1.31. The van der Waals surface area contributed by atoms with E-state index in [1.54, 1.807) is 19.1 Å². The summed E-state index contributed by atoms with van der Waals surface area (Å²) in [4.78, 5) is 33.7. The zero-order valence-electron chi connectivity index (χ0n) is 10.8. The Balaban J connectivity index is 2.90. The molecule has 0 bridgehead atoms. The molecule has 1 aromatic rings. The molecule has 0 aliphatic heterocycles. The maximum absolute atomic E-state index is 12.0. The fraction of sp³-hybridized carbons (Fsp3) is 0.308. The van der Waals surface area contributed by atoms with Crippen molar-refractivity contribution in [1.82, 2.24) is 5.32 Å². The van der Waals surface area contributed by atoms with Crippen molar-refractivity contribution in [2.24, 2.45) is 5.73 Å². The average molecular weight is 264 g/mol. The first kappa shape index (κ1) is 14.7. The number of primary amides is 1. The van der Waals surface area contributed by atoms with Crippen LogP contribution in [0.1, 0.15) is 27.9 Å². The first-order valence-corrected chi connectivity index (χ1v) is 5.70. The Morgan fingerprint density at radius 1 is 1.32 bits per heavy atom. The number of hydrogen-bond donors (Lipinski definition) is 3. The number of nitrogens with two attached hydrogens (primary N) is 1. The number of aryl methyl sites for hydroxylation is 2. The molecule has 102 valence electrons. The molecule has 6 nitrogen and oxygen atoms in total. The monoisotopic (exact) mass is 264 g/mol. The predicted octanol–water partition coefficient (Wildman–Crippen LogP) is 0.362. The highest BCUT2D eigenvalue weighted by Gasteiger charge is 2.23. The SMILES string of the molecule is Cc1ccc(C)c(C(=O)N[C@H](CC(N)=O)C(=O)O)c1. The summed E-state index contributed by atoms with van der Waals surface area (Å²) in [6.07, 6.45) is -0.439. The highest BCUT2D eigenvalue weighted by Crippen LogP contribution is 2.11. The number of carboxylic acid groups (broad SMARTS) is 1. The van der Waals surface area contributed by atoms with Gasteiger partial charge in [-0.25, -0.2) is 4.79 Å². The number of hydrogen-bond acceptors (Lipinski definition) is 3. The van der Waals surface area contributed by atoms with Gasteiger partial charge in [0.25, 0.3) is 5.91 Å². The number of aliphatic carboxylic acids is 1. The molecule has 0 heterocycles. The number of benzene rings is 1. The fourth-order valence-corrected chi connectivity index (χ4v) is 1.62. The summed E-state index contributed by atoms with van der Waals surface area (Å²) in [5.41, 5.74) is 6.95. The molecule has 0 fully saturated rings. The molecule has 0 saturated carbocycles. The number of rotatable bonds is 5. The van der Waals surface area contributed by atoms with Crippen LogP contribution < -0.4 is 11.1 Å². The third-order valence-corrected chi connectivity index (χ3v) is 2.65. The highest BCUT2D eigenvalue weighted by molar-refractivity contribution is 5.98. The minimum absolute atomic E-state index is 0.385. The quantitative estimate of drug-likeness (QED) is 0.713. The Hall–Kier alpha value is -2.37. The fourth-order valence-electron chi connectivity index (χ4n) is 1.62. The lowest BCUT2D eigenvalue weighted by atomic mass is 10.0. The Morgan fingerprint density at radius 3 is 2.47 bits per heavy atom. The van der Waals surface area contributed by atoms with E-state index in [1.807, 2.05) is 13.0 Å². The molecule has 0 aromatic heterocycles. The Bertz CT molecular complexity index is 525. The van der Waals surface area contributed by atoms with E-state index in [0.717, 1.165) is 11.1 Å². The van der Waals surface area contributed by atoms with Gasteiger partial charge in [-0.15, -0.1) is 0 Å². The van der Waals surface area contributed by atoms with Gasteiger partial charge in [-0.2, -0.15) is 0 Å². The van der Waals surface area contributed by atoms with Crippen LogP contribution in [0.25, 0.3) is 0 Å². The summed E-state index contributed by atoms with van der Waals surface area (Å²) in [6, 6.07) is 3.97. The number of amides is 2. The summed E-state index contributed by atoms with van der Waals surface area (Å²) in [6.45, 7) is 3.58. The maximum atomic E-state index is 12.0. The Morgan fingerprint density at radius 2 is 1.95 bits per heavy atom. The molecule has 0 aliphatic carbocycles. The van der Waals surface area contributed by atoms with E-state index in [0.29, 0.717) is 5.56 Å². The molecular weight excluding hydrogens is 248 g/mol. The van der Waals surface area contributed by atoms with Gasteiger partial charge in [0, 0.05) is 5.56 Å². The van der Waals surface area contributed by atoms with E-state index < -0.39 is 30.2 Å². The van der Waals surface area contributed by atoms with Crippen LogP contribution in [0, 0.1) is 13.8 Å². The summed E-state index contributed by atoms with van der Waals surface area (Å²) in [5.74, 6) is -2.61. The van der Waals surface area contributed by atoms with Gasteiger partial charge in [-0.05, 0) is 25.5 Å². The maximum Gasteiger partial charge on any atom is 0.326 e. The van der Waals surface area contributed by atoms with Crippen molar-refractivity contribution in [2.75, 3.05) is 0 Å². The van der Waals surface area contributed by atoms with E-state index >= 15 is 0 Å². The van der Waals surface area contributed by atoms with Crippen molar-refractivity contribution >= 4 is 17.8 Å². The molecule has 0 radical (unpaired) electrons. The van der Waals surface area contributed by atoms with E-state index in [-0.39, 0.29) is 0 Å². The smallest absolute Gasteiger partial charge is 0.326 e. The first-order valence-electron chi connectivity index (χ1n) is 5.70. The zero-order valence-corrected chi connectivity index (χ0v) is 10.8. The molecule has 6 heteroatoms. The highest BCUT2D eigenvalue weighted by atomic mass is 16.4. The van der Waals surface area contributed by atoms with E-state index in [1.165, 1.54) is 0 Å². The van der Waals surface area contributed by atoms with Crippen LogP contribution in [0.4, 0.5) is 0 Å². The van der Waals surface area contributed by atoms with Crippen molar-refractivity contribution in [3.05, 3.63) is 34.9 Å². The molecular formula is C13H16N2O4. The van der Waals surface area contributed by atoms with Gasteiger partial charge in [-0.3, -0.25) is 9.59 Å². The average Bonchev–Trinajstić information content (AvgIpc) is 2.30. The van der Waals surface area contributed by atoms with E-state index in [9.17, 15) is 14.4 Å². The summed E-state index contributed by atoms with van der Waals surface area (Å²) >= 11 is 0. The van der Waals surface area contributed by atoms with Crippen LogP contribution in [-0.2, 0) is 9.59 Å². The van der Waals surface area contributed by atoms with Crippen molar-refractivity contribution in [2.45, 2.75) is 26.3 Å². The molecule has 1 rings (SSSR count). The molecule has 19 heavy (non-hydrogen) atoms. The molecule has 1 atom stereocenters. The largest absolute Gasteiger partial charge is 0.480 e. The van der Waals surface area contributed by atoms with Gasteiger partial charge in [0.2, 0.25) is 5.91 Å². The van der Waals surface area contributed by atoms with Crippen LogP contribution >= 0.6 is 0 Å². The predicted molar refractivity (Wildman–Crippen MR) is 68.6 cm³/mol. The molecule has 4 N–H and O–H groups in total. The molecule has 0 spiro atoms. The van der Waals surface area contributed by atoms with Crippen molar-refractivity contribution in [3.8, 4) is 0 Å². The topological polar surface area (TPSA) is 109 Å². The van der Waals surface area contributed by atoms with Crippen molar-refractivity contribution in [3.63, 3.8) is 0 Å². The lowest BCUT2D eigenvalue weighted by Crippen LogP contribution is -2.43. The number of nitrogens with one attached hydrogen (secondary N) is 1. The number of carboxylic acids is 1. The second-order valence-electron chi connectivity index (χ2n) is 4.35. The molecule has 0 unspecified atom stereocenters. The third kappa shape index (κ3) is 4.09. The second-order valence-corrected chi connectivity index (χ2v) is 4.35. The van der Waals surface area contributed by atoms with Crippen molar-refractivity contribution in [1.29, 1.82) is 0 Å². The number of carbonyl (C=O) groups is 3. The zero-order chi connectivity index (χ0) is 14.6. The second kappa shape index (κ2) is 5.99. The summed E-state index contributed by atoms with van der Waals surface area (Å²) in [5, 5.41) is 11.2. The van der Waals surface area contributed by atoms with Gasteiger partial charge in [0.05, 0.1) is 6.42 Å². The van der Waals surface area contributed by atoms with Crippen LogP contribution in [0.15, 0.2) is 18.2 Å². The lowest BCUT2D eigenvalue weighted by molar-refractivity contribution is -0.140. The van der Waals surface area contributed by atoms with E-state index in [4.69, 9.17) is 10.8 Å². The van der Waals surface area contributed by atoms with Crippen LogP contribution in [0.2, 0.25) is 0 Å². The third-order valence-electron chi connectivity index (χ3n) is 2.65. The van der Waals surface area contributed by atoms with Crippen LogP contribution in [0.3, 0.4) is 0 Å². The first-order chi connectivity index (χ1) is 8.81. The van der Waals surface area contributed by atoms with Gasteiger partial charge in [0.1, 0.15) is 6.04 Å². The van der Waals surface area contributed by atoms with Gasteiger partial charge in [-0.1, -0.05) is 17.7 Å². The minimum Gasteiger partial charge on any atom is -0.480 e. The standard InChI is InChI=1S/C13H16N2O4/c1-7-3-4-8(2)9(5-7)12(17)15-10(13(18)19)6-11(14)16/h3-5,10H,6H2,1-2H3,(H2,14,16)(H,15,17)(H,18,19)/t10-/m1/s1. The van der Waals surface area contributed by atoms with Gasteiger partial charge in [0.15, 0.2) is 0 Å². The Kier molecular flexibility index (Phi) is 4.63. The van der Waals surface area contributed by atoms with Crippen LogP contribution in [-0.4, -0.2) is 28.9 Å².